The lowest BCUT2D eigenvalue weighted by Gasteiger charge is -2.14. The molecule has 4 heteroatoms. The largest absolute Gasteiger partial charge is 0.480 e. The first kappa shape index (κ1) is 19.9. The van der Waals surface area contributed by atoms with E-state index in [0.717, 1.165) is 44.9 Å². The smallest absolute Gasteiger partial charge is 0.326 e. The second kappa shape index (κ2) is 12.7. The Balaban J connectivity index is 3.82. The minimum absolute atomic E-state index is 0.123. The summed E-state index contributed by atoms with van der Waals surface area (Å²) in [7, 11) is 0. The van der Waals surface area contributed by atoms with Crippen molar-refractivity contribution in [3.05, 3.63) is 0 Å². The molecule has 124 valence electrons. The summed E-state index contributed by atoms with van der Waals surface area (Å²) in [6.07, 6.45) is 9.34. The quantitative estimate of drug-likeness (QED) is 0.502. The molecule has 0 aliphatic heterocycles. The van der Waals surface area contributed by atoms with Crippen molar-refractivity contribution < 1.29 is 14.7 Å². The molecule has 1 amide bonds. The van der Waals surface area contributed by atoms with Gasteiger partial charge in [0.2, 0.25) is 5.91 Å². The van der Waals surface area contributed by atoms with Crippen LogP contribution < -0.4 is 5.32 Å². The van der Waals surface area contributed by atoms with Gasteiger partial charge >= 0.3 is 5.97 Å². The van der Waals surface area contributed by atoms with Gasteiger partial charge in [-0.3, -0.25) is 4.79 Å². The zero-order valence-corrected chi connectivity index (χ0v) is 14.0. The molecule has 0 saturated heterocycles. The van der Waals surface area contributed by atoms with Gasteiger partial charge in [-0.2, -0.15) is 0 Å². The molecule has 4 nitrogen and oxygen atoms in total. The fraction of sp³-hybridized carbons (Fsp3) is 0.882. The summed E-state index contributed by atoms with van der Waals surface area (Å²) in [5, 5.41) is 11.8. The van der Waals surface area contributed by atoms with Crippen molar-refractivity contribution in [3.63, 3.8) is 0 Å². The number of nitrogens with one attached hydrogen (secondary N) is 1. The van der Waals surface area contributed by atoms with Crippen LogP contribution in [-0.4, -0.2) is 23.0 Å². The molecule has 0 fully saturated rings. The van der Waals surface area contributed by atoms with Gasteiger partial charge in [-0.05, 0) is 18.8 Å². The standard InChI is InChI=1S/C17H33NO3/c1-4-5-6-9-12-15(17(20)21)18-16(19)13-10-7-8-11-14(2)3/h14-15H,4-13H2,1-3H3,(H,18,19)(H,20,21). The Morgan fingerprint density at radius 1 is 0.952 bits per heavy atom. The lowest BCUT2D eigenvalue weighted by molar-refractivity contribution is -0.142. The summed E-state index contributed by atoms with van der Waals surface area (Å²) in [4.78, 5) is 22.9. The van der Waals surface area contributed by atoms with Crippen LogP contribution in [-0.2, 0) is 9.59 Å². The number of carboxylic acids is 1. The van der Waals surface area contributed by atoms with Gasteiger partial charge in [0, 0.05) is 6.42 Å². The van der Waals surface area contributed by atoms with E-state index in [4.69, 9.17) is 5.11 Å². The Morgan fingerprint density at radius 3 is 2.14 bits per heavy atom. The van der Waals surface area contributed by atoms with Gasteiger partial charge in [0.25, 0.3) is 0 Å². The topological polar surface area (TPSA) is 66.4 Å². The first-order valence-electron chi connectivity index (χ1n) is 8.49. The van der Waals surface area contributed by atoms with E-state index in [1.807, 2.05) is 0 Å². The molecule has 0 aliphatic rings. The Hall–Kier alpha value is -1.06. The first-order valence-corrected chi connectivity index (χ1v) is 8.49. The summed E-state index contributed by atoms with van der Waals surface area (Å²) >= 11 is 0. The molecule has 21 heavy (non-hydrogen) atoms. The molecule has 0 aromatic carbocycles. The number of carbonyl (C=O) groups excluding carboxylic acids is 1. The van der Waals surface area contributed by atoms with Gasteiger partial charge in [0.05, 0.1) is 0 Å². The number of carbonyl (C=O) groups is 2. The van der Waals surface area contributed by atoms with E-state index in [2.05, 4.69) is 26.1 Å². The van der Waals surface area contributed by atoms with E-state index in [9.17, 15) is 9.59 Å². The van der Waals surface area contributed by atoms with Gasteiger partial charge < -0.3 is 10.4 Å². The van der Waals surface area contributed by atoms with E-state index in [0.29, 0.717) is 18.8 Å². The Bertz CT molecular complexity index is 290. The SMILES string of the molecule is CCCCCCC(NC(=O)CCCCCC(C)C)C(=O)O. The second-order valence-electron chi connectivity index (χ2n) is 6.30. The number of hydrogen-bond acceptors (Lipinski definition) is 2. The third-order valence-corrected chi connectivity index (χ3v) is 3.66. The number of aliphatic carboxylic acids is 1. The van der Waals surface area contributed by atoms with Crippen LogP contribution in [0.15, 0.2) is 0 Å². The van der Waals surface area contributed by atoms with Crippen LogP contribution in [0.1, 0.15) is 85.0 Å². The Labute approximate surface area is 129 Å². The summed E-state index contributed by atoms with van der Waals surface area (Å²) in [6.45, 7) is 6.52. The maximum absolute atomic E-state index is 11.8. The monoisotopic (exact) mass is 299 g/mol. The highest BCUT2D eigenvalue weighted by molar-refractivity contribution is 5.83. The van der Waals surface area contributed by atoms with Crippen LogP contribution >= 0.6 is 0 Å². The lowest BCUT2D eigenvalue weighted by Crippen LogP contribution is -2.40. The van der Waals surface area contributed by atoms with Crippen LogP contribution in [0.25, 0.3) is 0 Å². The van der Waals surface area contributed by atoms with Crippen molar-refractivity contribution in [2.75, 3.05) is 0 Å². The number of amides is 1. The molecule has 0 heterocycles. The summed E-state index contributed by atoms with van der Waals surface area (Å²) in [6, 6.07) is -0.718. The molecule has 1 unspecified atom stereocenters. The average molecular weight is 299 g/mol. The van der Waals surface area contributed by atoms with Crippen molar-refractivity contribution >= 4 is 11.9 Å². The second-order valence-corrected chi connectivity index (χ2v) is 6.30. The minimum atomic E-state index is -0.917. The van der Waals surface area contributed by atoms with Gasteiger partial charge in [-0.25, -0.2) is 4.79 Å². The minimum Gasteiger partial charge on any atom is -0.480 e. The predicted octanol–water partition coefficient (Wildman–Crippen LogP) is 4.13. The normalized spacial score (nSPS) is 12.4. The van der Waals surface area contributed by atoms with Crippen molar-refractivity contribution in [1.82, 2.24) is 5.32 Å². The van der Waals surface area contributed by atoms with Crippen LogP contribution in [0.5, 0.6) is 0 Å². The molecule has 0 saturated carbocycles. The maximum atomic E-state index is 11.8. The summed E-state index contributed by atoms with van der Waals surface area (Å²) in [5.41, 5.74) is 0. The van der Waals surface area contributed by atoms with Crippen molar-refractivity contribution in [3.8, 4) is 0 Å². The fourth-order valence-electron chi connectivity index (χ4n) is 2.31. The molecule has 0 radical (unpaired) electrons. The van der Waals surface area contributed by atoms with E-state index in [-0.39, 0.29) is 5.91 Å². The highest BCUT2D eigenvalue weighted by Crippen LogP contribution is 2.10. The van der Waals surface area contributed by atoms with Gasteiger partial charge in [-0.15, -0.1) is 0 Å². The van der Waals surface area contributed by atoms with Crippen LogP contribution in [0.4, 0.5) is 0 Å². The fourth-order valence-corrected chi connectivity index (χ4v) is 2.31. The molecule has 0 aromatic rings. The van der Waals surface area contributed by atoms with Crippen LogP contribution in [0, 0.1) is 5.92 Å². The average Bonchev–Trinajstić information content (AvgIpc) is 2.41. The Morgan fingerprint density at radius 2 is 1.57 bits per heavy atom. The zero-order valence-electron chi connectivity index (χ0n) is 14.0. The molecular weight excluding hydrogens is 266 g/mol. The van der Waals surface area contributed by atoms with Crippen LogP contribution in [0.3, 0.4) is 0 Å². The number of carboxylic acid groups (broad SMARTS) is 1. The molecule has 0 aliphatic carbocycles. The van der Waals surface area contributed by atoms with Crippen molar-refractivity contribution in [2.45, 2.75) is 91.0 Å². The van der Waals surface area contributed by atoms with Gasteiger partial charge in [0.1, 0.15) is 6.04 Å². The molecule has 1 atom stereocenters. The van der Waals surface area contributed by atoms with Crippen LogP contribution in [0.2, 0.25) is 0 Å². The lowest BCUT2D eigenvalue weighted by atomic mass is 10.0. The highest BCUT2D eigenvalue weighted by atomic mass is 16.4. The highest BCUT2D eigenvalue weighted by Gasteiger charge is 2.18. The molecule has 0 rings (SSSR count). The molecule has 2 N–H and O–H groups in total. The maximum Gasteiger partial charge on any atom is 0.326 e. The van der Waals surface area contributed by atoms with E-state index in [1.165, 1.54) is 6.42 Å². The van der Waals surface area contributed by atoms with E-state index < -0.39 is 12.0 Å². The van der Waals surface area contributed by atoms with E-state index in [1.54, 1.807) is 0 Å². The first-order chi connectivity index (χ1) is 9.97. The molecular formula is C17H33NO3. The van der Waals surface area contributed by atoms with Crippen molar-refractivity contribution in [1.29, 1.82) is 0 Å². The third-order valence-electron chi connectivity index (χ3n) is 3.66. The number of unbranched alkanes of at least 4 members (excludes halogenated alkanes) is 5. The third kappa shape index (κ3) is 12.4. The van der Waals surface area contributed by atoms with E-state index >= 15 is 0 Å². The van der Waals surface area contributed by atoms with Crippen molar-refractivity contribution in [2.24, 2.45) is 5.92 Å². The molecule has 0 spiro atoms. The predicted molar refractivity (Wildman–Crippen MR) is 86.2 cm³/mol. The Kier molecular flexibility index (Phi) is 12.0. The number of rotatable bonds is 13. The summed E-state index contributed by atoms with van der Waals surface area (Å²) in [5.74, 6) is -0.333. The summed E-state index contributed by atoms with van der Waals surface area (Å²) < 4.78 is 0. The van der Waals surface area contributed by atoms with Gasteiger partial charge in [-0.1, -0.05) is 65.7 Å². The van der Waals surface area contributed by atoms with Gasteiger partial charge in [0.15, 0.2) is 0 Å². The number of hydrogen-bond donors (Lipinski definition) is 2. The molecule has 0 aromatic heterocycles. The zero-order chi connectivity index (χ0) is 16.1. The molecule has 0 bridgehead atoms.